The van der Waals surface area contributed by atoms with E-state index in [4.69, 9.17) is 0 Å². The number of rotatable bonds is 5. The van der Waals surface area contributed by atoms with Crippen LogP contribution in [0.4, 0.5) is 11.5 Å². The van der Waals surface area contributed by atoms with Crippen molar-refractivity contribution in [3.05, 3.63) is 55.9 Å². The summed E-state index contributed by atoms with van der Waals surface area (Å²) in [5.41, 5.74) is 0.470. The Morgan fingerprint density at radius 1 is 1.40 bits per heavy atom. The topological polar surface area (TPSA) is 118 Å². The number of nitrogens with zero attached hydrogens (tertiary/aromatic N) is 2. The number of thioether (sulfide) groups is 1. The molecule has 2 heterocycles. The summed E-state index contributed by atoms with van der Waals surface area (Å²) < 4.78 is 0. The van der Waals surface area contributed by atoms with Gasteiger partial charge in [-0.25, -0.2) is 4.98 Å². The van der Waals surface area contributed by atoms with E-state index in [1.807, 2.05) is 6.92 Å². The van der Waals surface area contributed by atoms with Gasteiger partial charge in [0.15, 0.2) is 5.16 Å². The van der Waals surface area contributed by atoms with Gasteiger partial charge >= 0.3 is 0 Å². The van der Waals surface area contributed by atoms with E-state index in [1.165, 1.54) is 23.9 Å². The van der Waals surface area contributed by atoms with Crippen LogP contribution in [0.15, 0.2) is 34.2 Å². The van der Waals surface area contributed by atoms with E-state index < -0.39 is 10.8 Å². The van der Waals surface area contributed by atoms with Gasteiger partial charge in [-0.3, -0.25) is 19.7 Å². The SMILES string of the molecule is CCCSc1nc2c(c(=O)[nH]1)C(c1cccc([N+](=O)[O-])c1)CC(=O)N2. The Morgan fingerprint density at radius 3 is 2.92 bits per heavy atom. The van der Waals surface area contributed by atoms with Crippen LogP contribution in [0.3, 0.4) is 0 Å². The maximum absolute atomic E-state index is 12.6. The van der Waals surface area contributed by atoms with Gasteiger partial charge in [0, 0.05) is 30.2 Å². The molecule has 25 heavy (non-hydrogen) atoms. The zero-order valence-electron chi connectivity index (χ0n) is 13.4. The number of carbonyl (C=O) groups is 1. The van der Waals surface area contributed by atoms with Crippen molar-refractivity contribution in [2.45, 2.75) is 30.8 Å². The maximum Gasteiger partial charge on any atom is 0.269 e. The number of nitro benzene ring substituents is 1. The lowest BCUT2D eigenvalue weighted by molar-refractivity contribution is -0.384. The summed E-state index contributed by atoms with van der Waals surface area (Å²) in [5.74, 6) is 0.193. The molecular weight excluding hydrogens is 344 g/mol. The largest absolute Gasteiger partial charge is 0.310 e. The van der Waals surface area contributed by atoms with E-state index in [1.54, 1.807) is 12.1 Å². The van der Waals surface area contributed by atoms with Crippen molar-refractivity contribution in [3.8, 4) is 0 Å². The Labute approximate surface area is 147 Å². The molecule has 1 atom stereocenters. The minimum atomic E-state index is -0.565. The van der Waals surface area contributed by atoms with E-state index in [-0.39, 0.29) is 29.4 Å². The second-order valence-electron chi connectivity index (χ2n) is 5.64. The normalized spacial score (nSPS) is 16.2. The van der Waals surface area contributed by atoms with E-state index in [2.05, 4.69) is 15.3 Å². The predicted molar refractivity (Wildman–Crippen MR) is 94.1 cm³/mol. The number of carbonyl (C=O) groups excluding carboxylic acids is 1. The fourth-order valence-electron chi connectivity index (χ4n) is 2.76. The molecule has 1 unspecified atom stereocenters. The number of benzene rings is 1. The van der Waals surface area contributed by atoms with Crippen molar-refractivity contribution in [2.24, 2.45) is 0 Å². The predicted octanol–water partition coefficient (Wildman–Crippen LogP) is 2.65. The number of non-ortho nitro benzene ring substituents is 1. The van der Waals surface area contributed by atoms with Crippen LogP contribution >= 0.6 is 11.8 Å². The number of amides is 1. The molecule has 3 rings (SSSR count). The van der Waals surface area contributed by atoms with Crippen molar-refractivity contribution in [2.75, 3.05) is 11.1 Å². The van der Waals surface area contributed by atoms with Crippen LogP contribution in [0, 0.1) is 10.1 Å². The van der Waals surface area contributed by atoms with Gasteiger partial charge in [0.1, 0.15) is 5.82 Å². The number of nitro groups is 1. The molecule has 1 aromatic heterocycles. The molecule has 1 aliphatic rings. The van der Waals surface area contributed by atoms with Gasteiger partial charge in [-0.05, 0) is 12.0 Å². The number of hydrogen-bond acceptors (Lipinski definition) is 6. The van der Waals surface area contributed by atoms with E-state index in [9.17, 15) is 19.7 Å². The molecule has 1 aliphatic heterocycles. The van der Waals surface area contributed by atoms with Crippen LogP contribution in [0.2, 0.25) is 0 Å². The quantitative estimate of drug-likeness (QED) is 0.366. The van der Waals surface area contributed by atoms with Crippen molar-refractivity contribution >= 4 is 29.2 Å². The first-order valence-corrected chi connectivity index (χ1v) is 8.79. The molecule has 1 amide bonds. The molecule has 0 saturated heterocycles. The number of aromatic amines is 1. The second-order valence-corrected chi connectivity index (χ2v) is 6.72. The lowest BCUT2D eigenvalue weighted by Gasteiger charge is -2.24. The smallest absolute Gasteiger partial charge is 0.269 e. The number of anilines is 1. The Morgan fingerprint density at radius 2 is 2.20 bits per heavy atom. The molecule has 8 nitrogen and oxygen atoms in total. The van der Waals surface area contributed by atoms with Crippen molar-refractivity contribution in [3.63, 3.8) is 0 Å². The molecule has 0 saturated carbocycles. The maximum atomic E-state index is 12.6. The summed E-state index contributed by atoms with van der Waals surface area (Å²) in [4.78, 5) is 42.2. The lowest BCUT2D eigenvalue weighted by Crippen LogP contribution is -2.31. The highest BCUT2D eigenvalue weighted by molar-refractivity contribution is 7.99. The fraction of sp³-hybridized carbons (Fsp3) is 0.312. The molecule has 0 spiro atoms. The van der Waals surface area contributed by atoms with Gasteiger partial charge in [0.05, 0.1) is 10.5 Å². The van der Waals surface area contributed by atoms with Gasteiger partial charge in [-0.1, -0.05) is 30.8 Å². The standard InChI is InChI=1S/C16H16N4O4S/c1-2-6-25-16-18-14-13(15(22)19-16)11(8-12(21)17-14)9-4-3-5-10(7-9)20(23)24/h3-5,7,11H,2,6,8H2,1H3,(H2,17,18,19,21,22). The van der Waals surface area contributed by atoms with Crippen molar-refractivity contribution < 1.29 is 9.72 Å². The molecule has 2 N–H and O–H groups in total. The number of fused-ring (bicyclic) bond motifs is 1. The average Bonchev–Trinajstić information content (AvgIpc) is 2.59. The highest BCUT2D eigenvalue weighted by Crippen LogP contribution is 2.35. The Hall–Kier alpha value is -2.68. The molecule has 0 bridgehead atoms. The Bertz CT molecular complexity index is 896. The van der Waals surface area contributed by atoms with Crippen LogP contribution in [-0.2, 0) is 4.79 Å². The van der Waals surface area contributed by atoms with E-state index in [0.717, 1.165) is 12.2 Å². The van der Waals surface area contributed by atoms with Gasteiger partial charge < -0.3 is 10.3 Å². The third-order valence-corrected chi connectivity index (χ3v) is 4.93. The summed E-state index contributed by atoms with van der Waals surface area (Å²) in [5, 5.41) is 14.1. The first-order valence-electron chi connectivity index (χ1n) is 7.80. The number of nitrogens with one attached hydrogen (secondary N) is 2. The zero-order chi connectivity index (χ0) is 18.0. The first-order chi connectivity index (χ1) is 12.0. The summed E-state index contributed by atoms with van der Waals surface area (Å²) in [6, 6.07) is 6.00. The van der Waals surface area contributed by atoms with Crippen LogP contribution in [0.1, 0.15) is 36.8 Å². The van der Waals surface area contributed by atoms with Crippen LogP contribution in [-0.4, -0.2) is 26.6 Å². The zero-order valence-corrected chi connectivity index (χ0v) is 14.3. The molecule has 130 valence electrons. The Balaban J connectivity index is 2.07. The summed E-state index contributed by atoms with van der Waals surface area (Å²) >= 11 is 1.40. The molecule has 0 fully saturated rings. The molecule has 2 aromatic rings. The molecule has 1 aromatic carbocycles. The average molecular weight is 360 g/mol. The second kappa shape index (κ2) is 7.06. The first kappa shape index (κ1) is 17.2. The number of aromatic nitrogens is 2. The summed E-state index contributed by atoms with van der Waals surface area (Å²) in [6.07, 6.45) is 0.967. The van der Waals surface area contributed by atoms with Crippen LogP contribution in [0.5, 0.6) is 0 Å². The fourth-order valence-corrected chi connectivity index (χ4v) is 3.48. The summed E-state index contributed by atoms with van der Waals surface area (Å²) in [6.45, 7) is 2.02. The van der Waals surface area contributed by atoms with Crippen LogP contribution in [0.25, 0.3) is 0 Å². The van der Waals surface area contributed by atoms with Gasteiger partial charge in [0.2, 0.25) is 5.91 Å². The molecular formula is C16H16N4O4S. The molecule has 0 radical (unpaired) electrons. The van der Waals surface area contributed by atoms with Gasteiger partial charge in [0.25, 0.3) is 11.2 Å². The lowest BCUT2D eigenvalue weighted by atomic mass is 9.86. The van der Waals surface area contributed by atoms with Crippen molar-refractivity contribution in [1.29, 1.82) is 0 Å². The molecule has 9 heteroatoms. The molecule has 0 aliphatic carbocycles. The van der Waals surface area contributed by atoms with E-state index in [0.29, 0.717) is 16.3 Å². The minimum Gasteiger partial charge on any atom is -0.310 e. The number of hydrogen-bond donors (Lipinski definition) is 2. The Kier molecular flexibility index (Phi) is 4.84. The van der Waals surface area contributed by atoms with E-state index >= 15 is 0 Å². The van der Waals surface area contributed by atoms with Crippen molar-refractivity contribution in [1.82, 2.24) is 9.97 Å². The summed E-state index contributed by atoms with van der Waals surface area (Å²) in [7, 11) is 0. The minimum absolute atomic E-state index is 0.0420. The third kappa shape index (κ3) is 3.55. The van der Waals surface area contributed by atoms with Gasteiger partial charge in [-0.2, -0.15) is 0 Å². The highest BCUT2D eigenvalue weighted by atomic mass is 32.2. The highest BCUT2D eigenvalue weighted by Gasteiger charge is 2.31. The van der Waals surface area contributed by atoms with Gasteiger partial charge in [-0.15, -0.1) is 0 Å². The van der Waals surface area contributed by atoms with Crippen LogP contribution < -0.4 is 10.9 Å². The third-order valence-electron chi connectivity index (χ3n) is 3.86. The monoisotopic (exact) mass is 360 g/mol. The number of H-pyrrole nitrogens is 1.